The minimum atomic E-state index is -2.81. The molecule has 3 nitrogen and oxygen atoms in total. The first-order chi connectivity index (χ1) is 6.61. The fourth-order valence-corrected chi connectivity index (χ4v) is 1.44. The lowest BCUT2D eigenvalue weighted by Gasteiger charge is -2.10. The van der Waals surface area contributed by atoms with Crippen LogP contribution in [0.2, 0.25) is 0 Å². The van der Waals surface area contributed by atoms with Crippen LogP contribution in [0, 0.1) is 6.61 Å². The molecular weight excluding hydrogens is 200 g/mol. The van der Waals surface area contributed by atoms with E-state index < -0.39 is 11.0 Å². The topological polar surface area (TPSA) is 43.4 Å². The van der Waals surface area contributed by atoms with Gasteiger partial charge in [-0.25, -0.2) is 8.42 Å². The van der Waals surface area contributed by atoms with Gasteiger partial charge in [-0.15, -0.1) is 0 Å². The molecule has 0 fully saturated rings. The van der Waals surface area contributed by atoms with Crippen LogP contribution in [0.15, 0.2) is 24.3 Å². The Balaban J connectivity index is 2.84. The highest BCUT2D eigenvalue weighted by atomic mass is 32.2. The highest BCUT2D eigenvalue weighted by Gasteiger charge is 2.06. The van der Waals surface area contributed by atoms with E-state index in [9.17, 15) is 8.42 Å². The summed E-state index contributed by atoms with van der Waals surface area (Å²) in [6.07, 6.45) is 0. The quantitative estimate of drug-likeness (QED) is 0.776. The average molecular weight is 213 g/mol. The number of rotatable bonds is 4. The van der Waals surface area contributed by atoms with Crippen molar-refractivity contribution in [3.63, 3.8) is 0 Å². The van der Waals surface area contributed by atoms with E-state index in [1.807, 2.05) is 38.1 Å². The third-order valence-electron chi connectivity index (χ3n) is 1.88. The summed E-state index contributed by atoms with van der Waals surface area (Å²) >= 11 is 0. The molecule has 0 heterocycles. The Morgan fingerprint density at radius 1 is 1.29 bits per heavy atom. The van der Waals surface area contributed by atoms with Crippen LogP contribution in [0.3, 0.4) is 0 Å². The summed E-state index contributed by atoms with van der Waals surface area (Å²) in [5, 5.41) is 0. The zero-order valence-electron chi connectivity index (χ0n) is 8.14. The Morgan fingerprint density at radius 3 is 2.50 bits per heavy atom. The summed E-state index contributed by atoms with van der Waals surface area (Å²) in [7, 11) is -2.81. The lowest BCUT2D eigenvalue weighted by atomic mass is 9.98. The first-order valence-corrected chi connectivity index (χ1v) is 5.44. The van der Waals surface area contributed by atoms with Gasteiger partial charge in [-0.1, -0.05) is 38.1 Å². The van der Waals surface area contributed by atoms with Crippen molar-refractivity contribution in [3.8, 4) is 0 Å². The minimum absolute atomic E-state index is 0.343. The predicted octanol–water partition coefficient (Wildman–Crippen LogP) is 1.86. The van der Waals surface area contributed by atoms with Crippen molar-refractivity contribution in [2.24, 2.45) is 0 Å². The zero-order valence-corrected chi connectivity index (χ0v) is 9.03. The van der Waals surface area contributed by atoms with Crippen molar-refractivity contribution >= 4 is 11.0 Å². The second-order valence-corrected chi connectivity index (χ2v) is 3.89. The maximum Gasteiger partial charge on any atom is 0.257 e. The molecule has 0 bridgehead atoms. The van der Waals surface area contributed by atoms with Gasteiger partial charge in [0.1, 0.15) is 6.61 Å². The lowest BCUT2D eigenvalue weighted by Crippen LogP contribution is -1.96. The van der Waals surface area contributed by atoms with E-state index in [1.54, 1.807) is 0 Å². The molecule has 0 amide bonds. The van der Waals surface area contributed by atoms with Gasteiger partial charge in [-0.2, -0.15) is 0 Å². The van der Waals surface area contributed by atoms with Gasteiger partial charge >= 0.3 is 0 Å². The van der Waals surface area contributed by atoms with Gasteiger partial charge in [0.15, 0.2) is 0 Å². The summed E-state index contributed by atoms with van der Waals surface area (Å²) in [5.41, 5.74) is 1.88. The molecule has 0 atom stereocenters. The Labute approximate surface area is 85.9 Å². The second-order valence-electron chi connectivity index (χ2n) is 3.23. The fourth-order valence-electron chi connectivity index (χ4n) is 1.24. The lowest BCUT2D eigenvalue weighted by molar-refractivity contribution is 0.428. The van der Waals surface area contributed by atoms with Gasteiger partial charge in [-0.3, -0.25) is 4.18 Å². The van der Waals surface area contributed by atoms with Gasteiger partial charge in [0.25, 0.3) is 11.0 Å². The highest BCUT2D eigenvalue weighted by Crippen LogP contribution is 2.20. The van der Waals surface area contributed by atoms with Crippen LogP contribution in [0.1, 0.15) is 30.9 Å². The molecule has 4 heteroatoms. The molecule has 1 radical (unpaired) electrons. The largest absolute Gasteiger partial charge is 0.261 e. The molecule has 77 valence electrons. The minimum Gasteiger partial charge on any atom is -0.261 e. The Kier molecular flexibility index (Phi) is 4.10. The molecule has 0 aliphatic carbocycles. The van der Waals surface area contributed by atoms with Crippen LogP contribution in [0.25, 0.3) is 0 Å². The summed E-state index contributed by atoms with van der Waals surface area (Å²) in [4.78, 5) is 0. The van der Waals surface area contributed by atoms with Crippen molar-refractivity contribution in [2.45, 2.75) is 19.8 Å². The van der Waals surface area contributed by atoms with Crippen LogP contribution >= 0.6 is 0 Å². The van der Waals surface area contributed by atoms with Crippen LogP contribution in [-0.4, -0.2) is 8.42 Å². The summed E-state index contributed by atoms with van der Waals surface area (Å²) in [6.45, 7) is 5.36. The molecule has 0 N–H and O–H groups in total. The summed E-state index contributed by atoms with van der Waals surface area (Å²) < 4.78 is 24.9. The van der Waals surface area contributed by atoms with E-state index >= 15 is 0 Å². The second kappa shape index (κ2) is 5.12. The third-order valence-corrected chi connectivity index (χ3v) is 2.16. The molecule has 0 spiro atoms. The molecule has 0 aliphatic rings. The van der Waals surface area contributed by atoms with Crippen molar-refractivity contribution in [1.82, 2.24) is 0 Å². The number of benzene rings is 1. The van der Waals surface area contributed by atoms with Crippen molar-refractivity contribution in [1.29, 1.82) is 0 Å². The van der Waals surface area contributed by atoms with E-state index in [1.165, 1.54) is 6.61 Å². The molecule has 1 aromatic carbocycles. The van der Waals surface area contributed by atoms with E-state index in [-0.39, 0.29) is 0 Å². The van der Waals surface area contributed by atoms with Crippen LogP contribution < -0.4 is 0 Å². The van der Waals surface area contributed by atoms with Crippen molar-refractivity contribution in [2.75, 3.05) is 0 Å². The molecule has 0 aliphatic heterocycles. The van der Waals surface area contributed by atoms with E-state index in [2.05, 4.69) is 4.18 Å². The standard InChI is InChI=1S/C10H13O3S/c1-8(2)10-6-4-3-5-9(10)7-13-14(11)12/h3-8,14H,1-2H3. The summed E-state index contributed by atoms with van der Waals surface area (Å²) in [6, 6.07) is 7.55. The van der Waals surface area contributed by atoms with Crippen molar-refractivity contribution in [3.05, 3.63) is 42.0 Å². The normalized spacial score (nSPS) is 11.1. The Bertz CT molecular complexity index is 361. The van der Waals surface area contributed by atoms with Gasteiger partial charge in [0.2, 0.25) is 0 Å². The first kappa shape index (κ1) is 11.2. The molecule has 0 unspecified atom stereocenters. The van der Waals surface area contributed by atoms with Crippen molar-refractivity contribution < 1.29 is 12.6 Å². The van der Waals surface area contributed by atoms with Crippen LogP contribution in [0.5, 0.6) is 0 Å². The van der Waals surface area contributed by atoms with Gasteiger partial charge in [-0.05, 0) is 17.0 Å². The Hall–Kier alpha value is -0.870. The zero-order chi connectivity index (χ0) is 10.6. The monoisotopic (exact) mass is 213 g/mol. The first-order valence-electron chi connectivity index (χ1n) is 4.34. The van der Waals surface area contributed by atoms with Gasteiger partial charge < -0.3 is 0 Å². The van der Waals surface area contributed by atoms with Gasteiger partial charge in [0, 0.05) is 0 Å². The third kappa shape index (κ3) is 3.12. The highest BCUT2D eigenvalue weighted by molar-refractivity contribution is 7.67. The fraction of sp³-hybridized carbons (Fsp3) is 0.300. The molecule has 0 saturated heterocycles. The molecule has 0 saturated carbocycles. The number of thiol groups is 1. The van der Waals surface area contributed by atoms with Gasteiger partial charge in [0.05, 0.1) is 0 Å². The van der Waals surface area contributed by atoms with E-state index in [0.717, 1.165) is 11.1 Å². The van der Waals surface area contributed by atoms with E-state index in [4.69, 9.17) is 0 Å². The number of hydrogen-bond acceptors (Lipinski definition) is 3. The smallest absolute Gasteiger partial charge is 0.257 e. The predicted molar refractivity (Wildman–Crippen MR) is 55.3 cm³/mol. The van der Waals surface area contributed by atoms with E-state index in [0.29, 0.717) is 5.92 Å². The molecule has 14 heavy (non-hydrogen) atoms. The maximum absolute atomic E-state index is 10.2. The molecule has 1 aromatic rings. The number of hydrogen-bond donors (Lipinski definition) is 1. The molecular formula is C10H13O3S. The maximum atomic E-state index is 10.2. The molecule has 0 aromatic heterocycles. The summed E-state index contributed by atoms with van der Waals surface area (Å²) in [5.74, 6) is 0.343. The Morgan fingerprint density at radius 2 is 1.93 bits per heavy atom. The average Bonchev–Trinajstić information content (AvgIpc) is 2.15. The van der Waals surface area contributed by atoms with Crippen LogP contribution in [0.4, 0.5) is 0 Å². The van der Waals surface area contributed by atoms with Crippen LogP contribution in [-0.2, 0) is 15.2 Å². The SMILES string of the molecule is CC(C)c1ccccc1[CH]O[SH](=O)=O. The molecule has 1 rings (SSSR count).